The molecule has 1 amide bonds. The fourth-order valence-corrected chi connectivity index (χ4v) is 5.68. The number of sulfonamides is 1. The molecule has 7 heteroatoms. The molecule has 28 heavy (non-hydrogen) atoms. The monoisotopic (exact) mass is 408 g/mol. The van der Waals surface area contributed by atoms with Crippen LogP contribution in [0.3, 0.4) is 0 Å². The van der Waals surface area contributed by atoms with Crippen molar-refractivity contribution in [3.8, 4) is 0 Å². The van der Waals surface area contributed by atoms with E-state index in [0.717, 1.165) is 18.4 Å². The zero-order valence-electron chi connectivity index (χ0n) is 16.8. The molecule has 1 unspecified atom stereocenters. The lowest BCUT2D eigenvalue weighted by Crippen LogP contribution is -2.48. The number of carbonyl (C=O) groups excluding carboxylic acids is 1. The number of piperidine rings is 1. The molecule has 2 aliphatic rings. The van der Waals surface area contributed by atoms with Gasteiger partial charge in [-0.3, -0.25) is 4.79 Å². The van der Waals surface area contributed by atoms with Gasteiger partial charge in [-0.15, -0.1) is 0 Å². The molecule has 1 heterocycles. The maximum atomic E-state index is 13.1. The maximum Gasteiger partial charge on any atom is 0.243 e. The third-order valence-corrected chi connectivity index (χ3v) is 7.82. The second-order valence-corrected chi connectivity index (χ2v) is 10.4. The lowest BCUT2D eigenvalue weighted by atomic mass is 9.92. The van der Waals surface area contributed by atoms with Crippen LogP contribution >= 0.6 is 0 Å². The van der Waals surface area contributed by atoms with Gasteiger partial charge in [0, 0.05) is 19.1 Å². The quantitative estimate of drug-likeness (QED) is 0.784. The molecule has 1 saturated heterocycles. The third-order valence-electron chi connectivity index (χ3n) is 5.96. The molecule has 3 rings (SSSR count). The number of aliphatic hydroxyl groups excluding tert-OH is 1. The SMILES string of the molecule is CC(C)c1cccc(S(=O)(=O)N2CCCC(C(=O)NC3CCC(O)CC3)C2)c1. The van der Waals surface area contributed by atoms with Crippen molar-refractivity contribution in [2.24, 2.45) is 5.92 Å². The van der Waals surface area contributed by atoms with Crippen molar-refractivity contribution in [3.63, 3.8) is 0 Å². The second-order valence-electron chi connectivity index (χ2n) is 8.44. The minimum Gasteiger partial charge on any atom is -0.393 e. The number of benzene rings is 1. The number of hydrogen-bond acceptors (Lipinski definition) is 4. The lowest BCUT2D eigenvalue weighted by molar-refractivity contribution is -0.127. The van der Waals surface area contributed by atoms with Crippen LogP contribution in [0.2, 0.25) is 0 Å². The van der Waals surface area contributed by atoms with E-state index in [1.165, 1.54) is 4.31 Å². The standard InChI is InChI=1S/C21H32N2O4S/c1-15(2)16-5-3-7-20(13-16)28(26,27)23-12-4-6-17(14-23)21(25)22-18-8-10-19(24)11-9-18/h3,5,7,13,15,17-19,24H,4,6,8-12,14H2,1-2H3,(H,22,25). The summed E-state index contributed by atoms with van der Waals surface area (Å²) in [4.78, 5) is 13.0. The number of nitrogens with zero attached hydrogens (tertiary/aromatic N) is 1. The highest BCUT2D eigenvalue weighted by Crippen LogP contribution is 2.27. The molecular formula is C21H32N2O4S. The Hall–Kier alpha value is -1.44. The van der Waals surface area contributed by atoms with Crippen LogP contribution in [0.5, 0.6) is 0 Å². The fourth-order valence-electron chi connectivity index (χ4n) is 4.10. The number of hydrogen-bond donors (Lipinski definition) is 2. The first-order chi connectivity index (χ1) is 13.3. The summed E-state index contributed by atoms with van der Waals surface area (Å²) in [5, 5.41) is 12.7. The summed E-state index contributed by atoms with van der Waals surface area (Å²) in [5.41, 5.74) is 0.992. The Kier molecular flexibility index (Phi) is 6.78. The normalized spacial score (nSPS) is 26.9. The van der Waals surface area contributed by atoms with Crippen LogP contribution in [0, 0.1) is 5.92 Å². The van der Waals surface area contributed by atoms with E-state index < -0.39 is 10.0 Å². The summed E-state index contributed by atoms with van der Waals surface area (Å²) in [6, 6.07) is 7.20. The van der Waals surface area contributed by atoms with Gasteiger partial charge in [0.05, 0.1) is 16.9 Å². The molecule has 2 fully saturated rings. The first-order valence-electron chi connectivity index (χ1n) is 10.4. The zero-order chi connectivity index (χ0) is 20.3. The highest BCUT2D eigenvalue weighted by Gasteiger charge is 2.34. The molecule has 1 saturated carbocycles. The summed E-state index contributed by atoms with van der Waals surface area (Å²) in [6.45, 7) is 4.76. The largest absolute Gasteiger partial charge is 0.393 e. The minimum absolute atomic E-state index is 0.0581. The van der Waals surface area contributed by atoms with Crippen LogP contribution in [-0.4, -0.2) is 49.0 Å². The van der Waals surface area contributed by atoms with Gasteiger partial charge >= 0.3 is 0 Å². The highest BCUT2D eigenvalue weighted by molar-refractivity contribution is 7.89. The van der Waals surface area contributed by atoms with Gasteiger partial charge in [0.2, 0.25) is 15.9 Å². The Bertz CT molecular complexity index is 785. The third kappa shape index (κ3) is 4.93. The molecule has 0 spiro atoms. The van der Waals surface area contributed by atoms with Crippen LogP contribution in [0.15, 0.2) is 29.2 Å². The molecular weight excluding hydrogens is 376 g/mol. The topological polar surface area (TPSA) is 86.7 Å². The Morgan fingerprint density at radius 1 is 1.18 bits per heavy atom. The van der Waals surface area contributed by atoms with E-state index in [1.807, 2.05) is 19.9 Å². The Morgan fingerprint density at radius 2 is 1.89 bits per heavy atom. The summed E-state index contributed by atoms with van der Waals surface area (Å²) < 4.78 is 27.7. The van der Waals surface area contributed by atoms with E-state index >= 15 is 0 Å². The predicted molar refractivity (Wildman–Crippen MR) is 108 cm³/mol. The van der Waals surface area contributed by atoms with Gasteiger partial charge in [-0.1, -0.05) is 26.0 Å². The van der Waals surface area contributed by atoms with Gasteiger partial charge in [-0.2, -0.15) is 4.31 Å². The molecule has 1 aliphatic heterocycles. The van der Waals surface area contributed by atoms with E-state index in [2.05, 4.69) is 5.32 Å². The highest BCUT2D eigenvalue weighted by atomic mass is 32.2. The fraction of sp³-hybridized carbons (Fsp3) is 0.667. The number of aliphatic hydroxyl groups is 1. The molecule has 0 radical (unpaired) electrons. The summed E-state index contributed by atoms with van der Waals surface area (Å²) in [5.74, 6) is -0.120. The van der Waals surface area contributed by atoms with Gasteiger partial charge < -0.3 is 10.4 Å². The summed E-state index contributed by atoms with van der Waals surface area (Å²) in [7, 11) is -3.60. The number of amides is 1. The van der Waals surface area contributed by atoms with E-state index in [-0.39, 0.29) is 36.4 Å². The van der Waals surface area contributed by atoms with Crippen molar-refractivity contribution in [2.45, 2.75) is 75.3 Å². The molecule has 1 aromatic rings. The van der Waals surface area contributed by atoms with Crippen molar-refractivity contribution in [2.75, 3.05) is 13.1 Å². The zero-order valence-corrected chi connectivity index (χ0v) is 17.6. The van der Waals surface area contributed by atoms with Crippen LogP contribution < -0.4 is 5.32 Å². The van der Waals surface area contributed by atoms with Gasteiger partial charge in [0.25, 0.3) is 0 Å². The van der Waals surface area contributed by atoms with Crippen molar-refractivity contribution in [1.29, 1.82) is 0 Å². The smallest absolute Gasteiger partial charge is 0.243 e. The van der Waals surface area contributed by atoms with Crippen LogP contribution in [0.4, 0.5) is 0 Å². The van der Waals surface area contributed by atoms with Crippen molar-refractivity contribution < 1.29 is 18.3 Å². The molecule has 1 aliphatic carbocycles. The maximum absolute atomic E-state index is 13.1. The first-order valence-corrected chi connectivity index (χ1v) is 11.8. The van der Waals surface area contributed by atoms with Gasteiger partial charge in [-0.05, 0) is 62.1 Å². The lowest BCUT2D eigenvalue weighted by Gasteiger charge is -2.33. The van der Waals surface area contributed by atoms with E-state index in [0.29, 0.717) is 37.1 Å². The second kappa shape index (κ2) is 8.93. The van der Waals surface area contributed by atoms with Crippen molar-refractivity contribution >= 4 is 15.9 Å². The number of carbonyl (C=O) groups is 1. The predicted octanol–water partition coefficient (Wildman–Crippen LogP) is 2.63. The van der Waals surface area contributed by atoms with E-state index in [4.69, 9.17) is 0 Å². The minimum atomic E-state index is -3.60. The number of rotatable bonds is 5. The summed E-state index contributed by atoms with van der Waals surface area (Å²) in [6.07, 6.45) is 4.12. The first kappa shape index (κ1) is 21.3. The molecule has 1 aromatic carbocycles. The van der Waals surface area contributed by atoms with Crippen LogP contribution in [0.25, 0.3) is 0 Å². The number of nitrogens with one attached hydrogen (secondary N) is 1. The van der Waals surface area contributed by atoms with E-state index in [9.17, 15) is 18.3 Å². The van der Waals surface area contributed by atoms with E-state index in [1.54, 1.807) is 18.2 Å². The van der Waals surface area contributed by atoms with Crippen LogP contribution in [0.1, 0.15) is 63.9 Å². The molecule has 0 bridgehead atoms. The molecule has 0 aromatic heterocycles. The Labute approximate surface area is 168 Å². The van der Waals surface area contributed by atoms with Crippen LogP contribution in [-0.2, 0) is 14.8 Å². The Balaban J connectivity index is 1.66. The summed E-state index contributed by atoms with van der Waals surface area (Å²) >= 11 is 0. The van der Waals surface area contributed by atoms with Crippen molar-refractivity contribution in [3.05, 3.63) is 29.8 Å². The molecule has 6 nitrogen and oxygen atoms in total. The molecule has 156 valence electrons. The van der Waals surface area contributed by atoms with Gasteiger partial charge in [0.15, 0.2) is 0 Å². The van der Waals surface area contributed by atoms with Gasteiger partial charge in [0.1, 0.15) is 0 Å². The Morgan fingerprint density at radius 3 is 2.57 bits per heavy atom. The average Bonchev–Trinajstić information content (AvgIpc) is 2.70. The average molecular weight is 409 g/mol. The van der Waals surface area contributed by atoms with Gasteiger partial charge in [-0.25, -0.2) is 8.42 Å². The molecule has 2 N–H and O–H groups in total. The molecule has 1 atom stereocenters. The van der Waals surface area contributed by atoms with Crippen molar-refractivity contribution in [1.82, 2.24) is 9.62 Å².